The SMILES string of the molecule is CN=C(NCCOCCOC)NCc1ccc(N2CCCC2=O)cc1.I. The van der Waals surface area contributed by atoms with Crippen LogP contribution in [-0.4, -0.2) is 58.9 Å². The van der Waals surface area contributed by atoms with Gasteiger partial charge < -0.3 is 25.0 Å². The zero-order valence-corrected chi connectivity index (χ0v) is 17.8. The maximum Gasteiger partial charge on any atom is 0.227 e. The summed E-state index contributed by atoms with van der Waals surface area (Å²) in [5, 5.41) is 6.46. The number of guanidine groups is 1. The number of halogens is 1. The summed E-state index contributed by atoms with van der Waals surface area (Å²) in [6, 6.07) is 8.07. The Morgan fingerprint density at radius 3 is 2.58 bits per heavy atom. The molecule has 1 aromatic rings. The minimum absolute atomic E-state index is 0. The topological polar surface area (TPSA) is 75.2 Å². The Morgan fingerprint density at radius 2 is 1.96 bits per heavy atom. The molecule has 0 bridgehead atoms. The molecule has 1 fully saturated rings. The summed E-state index contributed by atoms with van der Waals surface area (Å²) in [5.41, 5.74) is 2.11. The number of amides is 1. The second-order valence-electron chi connectivity index (χ2n) is 5.77. The van der Waals surface area contributed by atoms with E-state index in [2.05, 4.69) is 15.6 Å². The van der Waals surface area contributed by atoms with Crippen LogP contribution in [0.1, 0.15) is 18.4 Å². The molecule has 1 heterocycles. The summed E-state index contributed by atoms with van der Waals surface area (Å²) >= 11 is 0. The molecule has 0 spiro atoms. The van der Waals surface area contributed by atoms with E-state index in [1.807, 2.05) is 29.2 Å². The third-order valence-corrected chi connectivity index (χ3v) is 3.98. The van der Waals surface area contributed by atoms with Crippen LogP contribution in [0, 0.1) is 0 Å². The van der Waals surface area contributed by atoms with Gasteiger partial charge in [0.1, 0.15) is 0 Å². The second kappa shape index (κ2) is 12.9. The molecule has 0 unspecified atom stereocenters. The van der Waals surface area contributed by atoms with Crippen LogP contribution in [0.4, 0.5) is 5.69 Å². The van der Waals surface area contributed by atoms with E-state index in [1.165, 1.54) is 0 Å². The van der Waals surface area contributed by atoms with Crippen molar-refractivity contribution in [3.8, 4) is 0 Å². The zero-order valence-electron chi connectivity index (χ0n) is 15.5. The van der Waals surface area contributed by atoms with Crippen molar-refractivity contribution in [3.63, 3.8) is 0 Å². The standard InChI is InChI=1S/C18H28N4O3.HI/c1-19-18(20-9-11-25-13-12-24-2)21-14-15-5-7-16(8-6-15)22-10-3-4-17(22)23;/h5-8H,3-4,9-14H2,1-2H3,(H2,19,20,21);1H. The summed E-state index contributed by atoms with van der Waals surface area (Å²) in [6.07, 6.45) is 1.60. The van der Waals surface area contributed by atoms with Gasteiger partial charge in [0.25, 0.3) is 0 Å². The van der Waals surface area contributed by atoms with E-state index in [0.717, 1.165) is 30.2 Å². The van der Waals surface area contributed by atoms with Gasteiger partial charge in [-0.3, -0.25) is 9.79 Å². The molecule has 1 amide bonds. The first-order chi connectivity index (χ1) is 12.2. The van der Waals surface area contributed by atoms with Gasteiger partial charge in [-0.15, -0.1) is 24.0 Å². The van der Waals surface area contributed by atoms with Crippen LogP contribution in [0.3, 0.4) is 0 Å². The van der Waals surface area contributed by atoms with E-state index < -0.39 is 0 Å². The maximum atomic E-state index is 11.8. The number of methoxy groups -OCH3 is 1. The highest BCUT2D eigenvalue weighted by Crippen LogP contribution is 2.21. The van der Waals surface area contributed by atoms with E-state index in [4.69, 9.17) is 9.47 Å². The number of nitrogens with one attached hydrogen (secondary N) is 2. The molecule has 146 valence electrons. The van der Waals surface area contributed by atoms with Gasteiger partial charge in [-0.1, -0.05) is 12.1 Å². The largest absolute Gasteiger partial charge is 0.382 e. The van der Waals surface area contributed by atoms with Crippen molar-refractivity contribution in [3.05, 3.63) is 29.8 Å². The molecule has 0 atom stereocenters. The summed E-state index contributed by atoms with van der Waals surface area (Å²) < 4.78 is 10.3. The predicted molar refractivity (Wildman–Crippen MR) is 114 cm³/mol. The first-order valence-electron chi connectivity index (χ1n) is 8.65. The Labute approximate surface area is 172 Å². The lowest BCUT2D eigenvalue weighted by atomic mass is 10.2. The molecule has 1 aliphatic rings. The molecular weight excluding hydrogens is 447 g/mol. The number of carbonyl (C=O) groups is 1. The van der Waals surface area contributed by atoms with E-state index in [1.54, 1.807) is 14.2 Å². The van der Waals surface area contributed by atoms with Gasteiger partial charge in [0.15, 0.2) is 5.96 Å². The lowest BCUT2D eigenvalue weighted by Gasteiger charge is -2.16. The van der Waals surface area contributed by atoms with Crippen LogP contribution in [-0.2, 0) is 20.8 Å². The highest BCUT2D eigenvalue weighted by atomic mass is 127. The maximum absolute atomic E-state index is 11.8. The van der Waals surface area contributed by atoms with E-state index in [-0.39, 0.29) is 29.9 Å². The fraction of sp³-hybridized carbons (Fsp3) is 0.556. The third kappa shape index (κ3) is 7.46. The molecule has 26 heavy (non-hydrogen) atoms. The molecule has 8 heteroatoms. The molecule has 0 saturated carbocycles. The van der Waals surface area contributed by atoms with Crippen LogP contribution >= 0.6 is 24.0 Å². The molecule has 1 aliphatic heterocycles. The van der Waals surface area contributed by atoms with Crippen molar-refractivity contribution in [1.82, 2.24) is 10.6 Å². The molecule has 2 N–H and O–H groups in total. The number of anilines is 1. The van der Waals surface area contributed by atoms with E-state index in [0.29, 0.717) is 39.3 Å². The van der Waals surface area contributed by atoms with Crippen molar-refractivity contribution in [2.24, 2.45) is 4.99 Å². The fourth-order valence-corrected chi connectivity index (χ4v) is 2.61. The van der Waals surface area contributed by atoms with Crippen LogP contribution in [0.5, 0.6) is 0 Å². The van der Waals surface area contributed by atoms with Gasteiger partial charge in [0.2, 0.25) is 5.91 Å². The smallest absolute Gasteiger partial charge is 0.227 e. The average molecular weight is 476 g/mol. The number of nitrogens with zero attached hydrogens (tertiary/aromatic N) is 2. The highest BCUT2D eigenvalue weighted by Gasteiger charge is 2.21. The van der Waals surface area contributed by atoms with E-state index >= 15 is 0 Å². The summed E-state index contributed by atoms with van der Waals surface area (Å²) in [7, 11) is 3.39. The molecule has 2 rings (SSSR count). The van der Waals surface area contributed by atoms with Crippen molar-refractivity contribution in [2.75, 3.05) is 52.0 Å². The second-order valence-corrected chi connectivity index (χ2v) is 5.77. The minimum Gasteiger partial charge on any atom is -0.382 e. The third-order valence-electron chi connectivity index (χ3n) is 3.98. The summed E-state index contributed by atoms with van der Waals surface area (Å²) in [4.78, 5) is 17.8. The zero-order chi connectivity index (χ0) is 17.9. The Hall–Kier alpha value is -1.39. The molecule has 0 radical (unpaired) electrons. The number of benzene rings is 1. The van der Waals surface area contributed by atoms with Crippen molar-refractivity contribution < 1.29 is 14.3 Å². The van der Waals surface area contributed by atoms with Crippen LogP contribution < -0.4 is 15.5 Å². The number of ether oxygens (including phenoxy) is 2. The molecular formula is C18H29IN4O3. The number of rotatable bonds is 9. The average Bonchev–Trinajstić information content (AvgIpc) is 3.07. The van der Waals surface area contributed by atoms with Gasteiger partial charge >= 0.3 is 0 Å². The first-order valence-corrected chi connectivity index (χ1v) is 8.65. The van der Waals surface area contributed by atoms with Gasteiger partial charge in [-0.05, 0) is 24.1 Å². The van der Waals surface area contributed by atoms with Crippen molar-refractivity contribution >= 4 is 41.5 Å². The molecule has 1 saturated heterocycles. The van der Waals surface area contributed by atoms with E-state index in [9.17, 15) is 4.79 Å². The number of hydrogen-bond donors (Lipinski definition) is 2. The summed E-state index contributed by atoms with van der Waals surface area (Å²) in [6.45, 7) is 3.96. The number of aliphatic imine (C=N–C) groups is 1. The Bertz CT molecular complexity index is 566. The van der Waals surface area contributed by atoms with Gasteiger partial charge in [0.05, 0.1) is 19.8 Å². The van der Waals surface area contributed by atoms with Crippen molar-refractivity contribution in [1.29, 1.82) is 0 Å². The molecule has 7 nitrogen and oxygen atoms in total. The minimum atomic E-state index is 0. The van der Waals surface area contributed by atoms with Crippen LogP contribution in [0.2, 0.25) is 0 Å². The van der Waals surface area contributed by atoms with Crippen LogP contribution in [0.25, 0.3) is 0 Å². The number of carbonyl (C=O) groups excluding carboxylic acids is 1. The monoisotopic (exact) mass is 476 g/mol. The first kappa shape index (κ1) is 22.7. The van der Waals surface area contributed by atoms with Crippen molar-refractivity contribution in [2.45, 2.75) is 19.4 Å². The normalized spacial score (nSPS) is 14.3. The molecule has 1 aromatic carbocycles. The Balaban J connectivity index is 0.00000338. The van der Waals surface area contributed by atoms with Gasteiger partial charge in [-0.2, -0.15) is 0 Å². The molecule has 0 aromatic heterocycles. The quantitative estimate of drug-likeness (QED) is 0.246. The predicted octanol–water partition coefficient (Wildman–Crippen LogP) is 1.76. The van der Waals surface area contributed by atoms with Gasteiger partial charge in [0, 0.05) is 45.9 Å². The lowest BCUT2D eigenvalue weighted by molar-refractivity contribution is -0.117. The van der Waals surface area contributed by atoms with Crippen LogP contribution in [0.15, 0.2) is 29.3 Å². The Morgan fingerprint density at radius 1 is 1.19 bits per heavy atom. The fourth-order valence-electron chi connectivity index (χ4n) is 2.61. The lowest BCUT2D eigenvalue weighted by Crippen LogP contribution is -2.38. The molecule has 0 aliphatic carbocycles. The summed E-state index contributed by atoms with van der Waals surface area (Å²) in [5.74, 6) is 0.942. The number of hydrogen-bond acceptors (Lipinski definition) is 4. The van der Waals surface area contributed by atoms with Gasteiger partial charge in [-0.25, -0.2) is 0 Å². The highest BCUT2D eigenvalue weighted by molar-refractivity contribution is 14.0. The Kier molecular flexibility index (Phi) is 11.2.